The Morgan fingerprint density at radius 2 is 2.00 bits per heavy atom. The molecule has 7 nitrogen and oxygen atoms in total. The third-order valence-corrected chi connectivity index (χ3v) is 3.04. The second-order valence-electron chi connectivity index (χ2n) is 4.14. The van der Waals surface area contributed by atoms with E-state index in [0.29, 0.717) is 23.0 Å². The van der Waals surface area contributed by atoms with E-state index in [4.69, 9.17) is 14.2 Å². The molecule has 0 spiro atoms. The molecule has 0 amide bonds. The van der Waals surface area contributed by atoms with Gasteiger partial charge in [0.2, 0.25) is 0 Å². The monoisotopic (exact) mass is 279 g/mol. The Labute approximate surface area is 116 Å². The van der Waals surface area contributed by atoms with E-state index >= 15 is 0 Å². The Kier molecular flexibility index (Phi) is 4.09. The topological polar surface area (TPSA) is 78.4 Å². The largest absolute Gasteiger partial charge is 0.497 e. The number of H-pyrrole nitrogens is 1. The molecular weight excluding hydrogens is 262 g/mol. The Balaban J connectivity index is 2.62. The minimum absolute atomic E-state index is 0.333. The molecule has 0 unspecified atom stereocenters. The Bertz CT molecular complexity index is 647. The standard InChI is InChI=1S/C13H17N3O4/c1-8(18-2)12-14-15-13(17)16(12)10-6-5-9(19-3)7-11(10)20-4/h5-8H,1-4H3,(H,15,17)/t8-/m0/s1. The van der Waals surface area contributed by atoms with Crippen molar-refractivity contribution in [2.24, 2.45) is 0 Å². The van der Waals surface area contributed by atoms with Crippen molar-refractivity contribution in [2.75, 3.05) is 21.3 Å². The summed E-state index contributed by atoms with van der Waals surface area (Å²) in [7, 11) is 4.65. The lowest BCUT2D eigenvalue weighted by atomic mass is 10.2. The van der Waals surface area contributed by atoms with Crippen LogP contribution in [0.15, 0.2) is 23.0 Å². The summed E-state index contributed by atoms with van der Waals surface area (Å²) in [4.78, 5) is 12.0. The number of rotatable bonds is 5. The van der Waals surface area contributed by atoms with Gasteiger partial charge >= 0.3 is 5.69 Å². The fraction of sp³-hybridized carbons (Fsp3) is 0.385. The highest BCUT2D eigenvalue weighted by Crippen LogP contribution is 2.28. The molecule has 0 bridgehead atoms. The molecule has 2 aromatic rings. The molecule has 2 rings (SSSR count). The summed E-state index contributed by atoms with van der Waals surface area (Å²) in [6.07, 6.45) is -0.333. The van der Waals surface area contributed by atoms with Crippen molar-refractivity contribution in [1.82, 2.24) is 14.8 Å². The van der Waals surface area contributed by atoms with Gasteiger partial charge in [0.15, 0.2) is 5.82 Å². The van der Waals surface area contributed by atoms with E-state index in [1.807, 2.05) is 6.92 Å². The summed E-state index contributed by atoms with van der Waals surface area (Å²) in [6.45, 7) is 1.81. The minimum Gasteiger partial charge on any atom is -0.497 e. The molecule has 0 aliphatic carbocycles. The van der Waals surface area contributed by atoms with Crippen LogP contribution in [0.4, 0.5) is 0 Å². The Hall–Kier alpha value is -2.28. The predicted molar refractivity (Wildman–Crippen MR) is 72.7 cm³/mol. The summed E-state index contributed by atoms with van der Waals surface area (Å²) in [5.74, 6) is 1.63. The zero-order valence-electron chi connectivity index (χ0n) is 11.8. The number of methoxy groups -OCH3 is 3. The lowest BCUT2D eigenvalue weighted by Gasteiger charge is -2.14. The van der Waals surface area contributed by atoms with E-state index in [1.165, 1.54) is 11.7 Å². The van der Waals surface area contributed by atoms with Crippen LogP contribution in [0, 0.1) is 0 Å². The number of nitrogens with one attached hydrogen (secondary N) is 1. The minimum atomic E-state index is -0.354. The van der Waals surface area contributed by atoms with Crippen LogP contribution >= 0.6 is 0 Å². The summed E-state index contributed by atoms with van der Waals surface area (Å²) in [5.41, 5.74) is 0.221. The summed E-state index contributed by atoms with van der Waals surface area (Å²) in [6, 6.07) is 5.19. The zero-order valence-corrected chi connectivity index (χ0v) is 11.8. The zero-order chi connectivity index (χ0) is 14.7. The van der Waals surface area contributed by atoms with Gasteiger partial charge in [0, 0.05) is 13.2 Å². The SMILES string of the molecule is COc1ccc(-n2c([C@H](C)OC)n[nH]c2=O)c(OC)c1. The van der Waals surface area contributed by atoms with E-state index in [0.717, 1.165) is 0 Å². The second-order valence-corrected chi connectivity index (χ2v) is 4.14. The van der Waals surface area contributed by atoms with E-state index in [-0.39, 0.29) is 11.8 Å². The Morgan fingerprint density at radius 3 is 2.60 bits per heavy atom. The van der Waals surface area contributed by atoms with Crippen molar-refractivity contribution >= 4 is 0 Å². The molecule has 7 heteroatoms. The van der Waals surface area contributed by atoms with Crippen LogP contribution in [-0.2, 0) is 4.74 Å². The molecule has 0 fully saturated rings. The molecule has 0 saturated carbocycles. The van der Waals surface area contributed by atoms with E-state index in [2.05, 4.69) is 10.2 Å². The fourth-order valence-corrected chi connectivity index (χ4v) is 1.89. The average molecular weight is 279 g/mol. The number of aromatic nitrogens is 3. The van der Waals surface area contributed by atoms with Crippen molar-refractivity contribution < 1.29 is 14.2 Å². The number of ether oxygens (including phenoxy) is 3. The van der Waals surface area contributed by atoms with Crippen molar-refractivity contribution in [3.63, 3.8) is 0 Å². The van der Waals surface area contributed by atoms with Gasteiger partial charge in [-0.3, -0.25) is 0 Å². The first-order valence-electron chi connectivity index (χ1n) is 6.04. The molecular formula is C13H17N3O4. The maximum absolute atomic E-state index is 12.0. The highest BCUT2D eigenvalue weighted by Gasteiger charge is 2.19. The van der Waals surface area contributed by atoms with Crippen molar-refractivity contribution in [3.05, 3.63) is 34.5 Å². The van der Waals surface area contributed by atoms with E-state index < -0.39 is 0 Å². The van der Waals surface area contributed by atoms with Crippen LogP contribution in [0.25, 0.3) is 5.69 Å². The van der Waals surface area contributed by atoms with Gasteiger partial charge in [-0.15, -0.1) is 0 Å². The lowest BCUT2D eigenvalue weighted by Crippen LogP contribution is -2.19. The molecule has 1 N–H and O–H groups in total. The maximum Gasteiger partial charge on any atom is 0.348 e. The number of aromatic amines is 1. The van der Waals surface area contributed by atoms with Crippen molar-refractivity contribution in [3.8, 4) is 17.2 Å². The van der Waals surface area contributed by atoms with Gasteiger partial charge in [-0.2, -0.15) is 5.10 Å². The molecule has 1 heterocycles. The smallest absolute Gasteiger partial charge is 0.348 e. The molecule has 0 saturated heterocycles. The first-order valence-corrected chi connectivity index (χ1v) is 6.04. The van der Waals surface area contributed by atoms with Crippen LogP contribution in [0.2, 0.25) is 0 Å². The molecule has 1 aromatic heterocycles. The van der Waals surface area contributed by atoms with Crippen LogP contribution < -0.4 is 15.2 Å². The molecule has 1 atom stereocenters. The summed E-state index contributed by atoms with van der Waals surface area (Å²) >= 11 is 0. The van der Waals surface area contributed by atoms with Crippen molar-refractivity contribution in [1.29, 1.82) is 0 Å². The second kappa shape index (κ2) is 5.79. The van der Waals surface area contributed by atoms with Gasteiger partial charge < -0.3 is 14.2 Å². The van der Waals surface area contributed by atoms with E-state index in [9.17, 15) is 4.79 Å². The van der Waals surface area contributed by atoms with Gasteiger partial charge in [0.25, 0.3) is 0 Å². The van der Waals surface area contributed by atoms with E-state index in [1.54, 1.807) is 32.4 Å². The fourth-order valence-electron chi connectivity index (χ4n) is 1.89. The number of benzene rings is 1. The lowest BCUT2D eigenvalue weighted by molar-refractivity contribution is 0.110. The molecule has 0 aliphatic rings. The average Bonchev–Trinajstić information content (AvgIpc) is 2.87. The van der Waals surface area contributed by atoms with Crippen LogP contribution in [0.3, 0.4) is 0 Å². The first-order chi connectivity index (χ1) is 9.62. The quantitative estimate of drug-likeness (QED) is 0.892. The normalized spacial score (nSPS) is 12.2. The van der Waals surface area contributed by atoms with Gasteiger partial charge in [0.05, 0.1) is 19.9 Å². The van der Waals surface area contributed by atoms with Crippen LogP contribution in [0.1, 0.15) is 18.9 Å². The summed E-state index contributed by atoms with van der Waals surface area (Å²) < 4.78 is 17.1. The molecule has 20 heavy (non-hydrogen) atoms. The van der Waals surface area contributed by atoms with Gasteiger partial charge in [-0.05, 0) is 19.1 Å². The number of hydrogen-bond acceptors (Lipinski definition) is 5. The molecule has 0 radical (unpaired) electrons. The maximum atomic E-state index is 12.0. The Morgan fingerprint density at radius 1 is 1.25 bits per heavy atom. The molecule has 1 aromatic carbocycles. The van der Waals surface area contributed by atoms with Crippen LogP contribution in [0.5, 0.6) is 11.5 Å². The highest BCUT2D eigenvalue weighted by atomic mass is 16.5. The number of nitrogens with zero attached hydrogens (tertiary/aromatic N) is 2. The summed E-state index contributed by atoms with van der Waals surface area (Å²) in [5, 5.41) is 6.42. The first kappa shape index (κ1) is 14.1. The number of hydrogen-bond donors (Lipinski definition) is 1. The molecule has 108 valence electrons. The van der Waals surface area contributed by atoms with Gasteiger partial charge in [-0.25, -0.2) is 14.5 Å². The van der Waals surface area contributed by atoms with Crippen LogP contribution in [-0.4, -0.2) is 36.1 Å². The third-order valence-electron chi connectivity index (χ3n) is 3.04. The molecule has 0 aliphatic heterocycles. The third kappa shape index (κ3) is 2.39. The predicted octanol–water partition coefficient (Wildman–Crippen LogP) is 1.29. The van der Waals surface area contributed by atoms with Gasteiger partial charge in [0.1, 0.15) is 17.6 Å². The van der Waals surface area contributed by atoms with Crippen molar-refractivity contribution in [2.45, 2.75) is 13.0 Å². The highest BCUT2D eigenvalue weighted by molar-refractivity contribution is 5.51. The van der Waals surface area contributed by atoms with Gasteiger partial charge in [-0.1, -0.05) is 0 Å².